The molecule has 0 saturated heterocycles. The fourth-order valence-electron chi connectivity index (χ4n) is 0.829. The lowest BCUT2D eigenvalue weighted by atomic mass is 10.2. The van der Waals surface area contributed by atoms with Gasteiger partial charge in [0.1, 0.15) is 0 Å². The molecule has 3 N–H and O–H groups in total. The van der Waals surface area contributed by atoms with E-state index in [0.717, 1.165) is 5.57 Å². The quantitative estimate of drug-likeness (QED) is 0.572. The Kier molecular flexibility index (Phi) is 7.02. The molecule has 0 spiro atoms. The lowest BCUT2D eigenvalue weighted by Gasteiger charge is -2.06. The van der Waals surface area contributed by atoms with E-state index in [-0.39, 0.29) is 6.61 Å². The number of aliphatic hydroxyl groups excluding tert-OH is 3. The number of aliphatic hydroxyl groups is 3. The van der Waals surface area contributed by atoms with Gasteiger partial charge in [-0.1, -0.05) is 30.4 Å². The molecule has 0 aromatic heterocycles. The van der Waals surface area contributed by atoms with Gasteiger partial charge in [0.15, 0.2) is 0 Å². The lowest BCUT2D eigenvalue weighted by Crippen LogP contribution is -2.19. The molecular weight excluding hydrogens is 180 g/mol. The Morgan fingerprint density at radius 3 is 2.43 bits per heavy atom. The van der Waals surface area contributed by atoms with Crippen LogP contribution in [0.15, 0.2) is 36.0 Å². The molecule has 0 amide bonds. The fraction of sp³-hybridized carbons (Fsp3) is 0.455. The van der Waals surface area contributed by atoms with Crippen LogP contribution in [0.1, 0.15) is 13.8 Å². The summed E-state index contributed by atoms with van der Waals surface area (Å²) in [4.78, 5) is 0. The molecule has 0 aromatic rings. The van der Waals surface area contributed by atoms with E-state index < -0.39 is 12.2 Å². The molecule has 0 bridgehead atoms. The molecule has 80 valence electrons. The van der Waals surface area contributed by atoms with Crippen LogP contribution >= 0.6 is 0 Å². The zero-order valence-corrected chi connectivity index (χ0v) is 8.59. The van der Waals surface area contributed by atoms with Crippen molar-refractivity contribution in [2.75, 3.05) is 6.61 Å². The largest absolute Gasteiger partial charge is 0.392 e. The average molecular weight is 198 g/mol. The Hall–Kier alpha value is -0.900. The van der Waals surface area contributed by atoms with Crippen LogP contribution in [-0.4, -0.2) is 34.1 Å². The Labute approximate surface area is 84.7 Å². The van der Waals surface area contributed by atoms with Gasteiger partial charge in [0.05, 0.1) is 18.8 Å². The summed E-state index contributed by atoms with van der Waals surface area (Å²) in [7, 11) is 0. The molecule has 2 atom stereocenters. The van der Waals surface area contributed by atoms with Crippen molar-refractivity contribution in [3.63, 3.8) is 0 Å². The van der Waals surface area contributed by atoms with E-state index in [9.17, 15) is 5.11 Å². The first-order valence-electron chi connectivity index (χ1n) is 4.58. The van der Waals surface area contributed by atoms with Gasteiger partial charge >= 0.3 is 0 Å². The topological polar surface area (TPSA) is 60.7 Å². The predicted molar refractivity (Wildman–Crippen MR) is 56.8 cm³/mol. The summed E-state index contributed by atoms with van der Waals surface area (Å²) in [6, 6.07) is 0. The summed E-state index contributed by atoms with van der Waals surface area (Å²) < 4.78 is 0. The van der Waals surface area contributed by atoms with Crippen LogP contribution in [0.4, 0.5) is 0 Å². The second kappa shape index (κ2) is 7.50. The highest BCUT2D eigenvalue weighted by Gasteiger charge is 2.04. The van der Waals surface area contributed by atoms with Crippen LogP contribution < -0.4 is 0 Å². The molecule has 0 aliphatic heterocycles. The van der Waals surface area contributed by atoms with Gasteiger partial charge in [-0.15, -0.1) is 0 Å². The van der Waals surface area contributed by atoms with Crippen LogP contribution in [0.25, 0.3) is 0 Å². The Morgan fingerprint density at radius 2 is 2.00 bits per heavy atom. The molecule has 0 radical (unpaired) electrons. The van der Waals surface area contributed by atoms with Gasteiger partial charge in [0, 0.05) is 0 Å². The molecule has 0 unspecified atom stereocenters. The molecule has 0 rings (SSSR count). The Morgan fingerprint density at radius 1 is 1.36 bits per heavy atom. The van der Waals surface area contributed by atoms with Crippen molar-refractivity contribution in [1.82, 2.24) is 0 Å². The molecule has 0 fully saturated rings. The zero-order valence-electron chi connectivity index (χ0n) is 8.59. The summed E-state index contributed by atoms with van der Waals surface area (Å²) >= 11 is 0. The van der Waals surface area contributed by atoms with E-state index >= 15 is 0 Å². The van der Waals surface area contributed by atoms with Gasteiger partial charge in [0.2, 0.25) is 0 Å². The van der Waals surface area contributed by atoms with E-state index in [1.807, 2.05) is 13.0 Å². The third kappa shape index (κ3) is 5.70. The highest BCUT2D eigenvalue weighted by atomic mass is 16.3. The number of hydrogen-bond acceptors (Lipinski definition) is 3. The van der Waals surface area contributed by atoms with E-state index in [4.69, 9.17) is 10.2 Å². The lowest BCUT2D eigenvalue weighted by molar-refractivity contribution is 0.0619. The fourth-order valence-corrected chi connectivity index (χ4v) is 0.829. The maximum Gasteiger partial charge on any atom is 0.0980 e. The maximum atomic E-state index is 9.20. The van der Waals surface area contributed by atoms with Gasteiger partial charge in [-0.05, 0) is 19.4 Å². The minimum Gasteiger partial charge on any atom is -0.392 e. The van der Waals surface area contributed by atoms with Crippen molar-refractivity contribution < 1.29 is 15.3 Å². The summed E-state index contributed by atoms with van der Waals surface area (Å²) in [5, 5.41) is 27.0. The first-order chi connectivity index (χ1) is 6.61. The van der Waals surface area contributed by atoms with Gasteiger partial charge in [-0.25, -0.2) is 0 Å². The SMILES string of the molecule is C\C=C/C(=C/C=C/[C@@H](O)[C@@H](C)O)CO. The second-order valence-electron chi connectivity index (χ2n) is 3.02. The molecule has 3 nitrogen and oxygen atoms in total. The van der Waals surface area contributed by atoms with Crippen LogP contribution in [0.2, 0.25) is 0 Å². The molecule has 0 saturated carbocycles. The van der Waals surface area contributed by atoms with Crippen LogP contribution in [0.5, 0.6) is 0 Å². The molecule has 0 aliphatic carbocycles. The summed E-state index contributed by atoms with van der Waals surface area (Å²) in [6.45, 7) is 3.33. The van der Waals surface area contributed by atoms with Gasteiger partial charge < -0.3 is 15.3 Å². The van der Waals surface area contributed by atoms with Crippen LogP contribution in [0.3, 0.4) is 0 Å². The molecule has 0 heterocycles. The van der Waals surface area contributed by atoms with Crippen LogP contribution in [0, 0.1) is 0 Å². The zero-order chi connectivity index (χ0) is 11.0. The average Bonchev–Trinajstić information content (AvgIpc) is 2.16. The number of rotatable bonds is 5. The highest BCUT2D eigenvalue weighted by Crippen LogP contribution is 1.98. The van der Waals surface area contributed by atoms with E-state index in [0.29, 0.717) is 0 Å². The van der Waals surface area contributed by atoms with E-state index in [1.54, 1.807) is 18.2 Å². The number of hydrogen-bond donors (Lipinski definition) is 3. The first-order valence-corrected chi connectivity index (χ1v) is 4.58. The standard InChI is InChI=1S/C11H18O3/c1-3-5-10(8-12)6-4-7-11(14)9(2)13/h3-7,9,11-14H,8H2,1-2H3/b5-3-,7-4+,10-6-/t9-,11-/m1/s1. The smallest absolute Gasteiger partial charge is 0.0980 e. The Bertz CT molecular complexity index is 227. The van der Waals surface area contributed by atoms with E-state index in [1.165, 1.54) is 13.0 Å². The summed E-state index contributed by atoms with van der Waals surface area (Å²) in [5.74, 6) is 0. The molecule has 0 aliphatic rings. The number of allylic oxidation sites excluding steroid dienone is 3. The van der Waals surface area contributed by atoms with Crippen molar-refractivity contribution in [2.45, 2.75) is 26.1 Å². The highest BCUT2D eigenvalue weighted by molar-refractivity contribution is 5.24. The summed E-state index contributed by atoms with van der Waals surface area (Å²) in [6.07, 6.45) is 6.73. The van der Waals surface area contributed by atoms with Crippen molar-refractivity contribution >= 4 is 0 Å². The third-order valence-electron chi connectivity index (χ3n) is 1.68. The third-order valence-corrected chi connectivity index (χ3v) is 1.68. The van der Waals surface area contributed by atoms with E-state index in [2.05, 4.69) is 0 Å². The van der Waals surface area contributed by atoms with Gasteiger partial charge in [0.25, 0.3) is 0 Å². The minimum atomic E-state index is -0.864. The normalized spacial score (nSPS) is 17.9. The molecule has 0 aromatic carbocycles. The Balaban J connectivity index is 4.23. The van der Waals surface area contributed by atoms with Crippen molar-refractivity contribution in [2.24, 2.45) is 0 Å². The molecular formula is C11H18O3. The van der Waals surface area contributed by atoms with Crippen LogP contribution in [-0.2, 0) is 0 Å². The minimum absolute atomic E-state index is 0.0422. The van der Waals surface area contributed by atoms with Gasteiger partial charge in [-0.2, -0.15) is 0 Å². The van der Waals surface area contributed by atoms with Gasteiger partial charge in [-0.3, -0.25) is 0 Å². The van der Waals surface area contributed by atoms with Crippen molar-refractivity contribution in [3.05, 3.63) is 36.0 Å². The monoisotopic (exact) mass is 198 g/mol. The van der Waals surface area contributed by atoms with Crippen molar-refractivity contribution in [3.8, 4) is 0 Å². The molecule has 14 heavy (non-hydrogen) atoms. The summed E-state index contributed by atoms with van der Waals surface area (Å²) in [5.41, 5.74) is 0.751. The second-order valence-corrected chi connectivity index (χ2v) is 3.02. The maximum absolute atomic E-state index is 9.20. The predicted octanol–water partition coefficient (Wildman–Crippen LogP) is 0.779. The first kappa shape index (κ1) is 13.1. The molecule has 3 heteroatoms. The van der Waals surface area contributed by atoms with Crippen molar-refractivity contribution in [1.29, 1.82) is 0 Å².